The fourth-order valence-electron chi connectivity index (χ4n) is 3.47. The summed E-state index contributed by atoms with van der Waals surface area (Å²) in [5.74, 6) is 2.15. The number of benzene rings is 2. The van der Waals surface area contributed by atoms with E-state index in [4.69, 9.17) is 40.8 Å². The van der Waals surface area contributed by atoms with Crippen molar-refractivity contribution in [2.45, 2.75) is 13.8 Å². The second-order valence-electron chi connectivity index (χ2n) is 7.43. The van der Waals surface area contributed by atoms with Gasteiger partial charge in [0.1, 0.15) is 19.0 Å². The Kier molecular flexibility index (Phi) is 7.26. The first-order chi connectivity index (χ1) is 16.9. The summed E-state index contributed by atoms with van der Waals surface area (Å²) in [5.41, 5.74) is 0.612. The molecule has 1 amide bonds. The number of ether oxygens (including phenoxy) is 4. The second-order valence-corrected chi connectivity index (χ2v) is 7.84. The van der Waals surface area contributed by atoms with Gasteiger partial charge in [-0.3, -0.25) is 10.2 Å². The molecule has 2 aromatic carbocycles. The number of carbonyl (C=O) groups is 1. The lowest BCUT2D eigenvalue weighted by molar-refractivity contribution is -0.114. The largest absolute Gasteiger partial charge is 0.493 e. The first-order valence-corrected chi connectivity index (χ1v) is 11.2. The number of hydrogen-bond acceptors (Lipinski definition) is 7. The molecular formula is C25H24ClN3O6. The minimum atomic E-state index is -0.543. The first-order valence-electron chi connectivity index (χ1n) is 10.9. The van der Waals surface area contributed by atoms with E-state index in [2.05, 4.69) is 4.99 Å². The maximum atomic E-state index is 12.5. The standard InChI is InChI=1S/C25H24ClN3O6/c1-4-32-21-14-16(12-17-24(27)29-22(28-25(17)30)11-15(2)35-29)13-18(26)23(21)34-10-9-33-20-8-6-5-7-19(20)31-3/h5-8,11-14,27H,4,9-10H2,1-3H3/b17-12+,27-24?. The lowest BCUT2D eigenvalue weighted by atomic mass is 10.1. The molecule has 0 saturated heterocycles. The van der Waals surface area contributed by atoms with Gasteiger partial charge in [-0.2, -0.15) is 4.99 Å². The van der Waals surface area contributed by atoms with Crippen molar-refractivity contribution in [3.63, 3.8) is 0 Å². The number of amidine groups is 2. The average molecular weight is 498 g/mol. The van der Waals surface area contributed by atoms with Gasteiger partial charge in [0, 0.05) is 6.08 Å². The van der Waals surface area contributed by atoms with E-state index in [9.17, 15) is 4.79 Å². The van der Waals surface area contributed by atoms with E-state index in [1.54, 1.807) is 38.3 Å². The molecule has 0 atom stereocenters. The van der Waals surface area contributed by atoms with Gasteiger partial charge in [0.2, 0.25) is 0 Å². The van der Waals surface area contributed by atoms with Gasteiger partial charge in [-0.25, -0.2) is 0 Å². The summed E-state index contributed by atoms with van der Waals surface area (Å²) in [5, 5.41) is 9.86. The molecule has 2 aliphatic rings. The Balaban J connectivity index is 1.50. The number of carbonyl (C=O) groups excluding carboxylic acids is 1. The van der Waals surface area contributed by atoms with E-state index in [-0.39, 0.29) is 35.5 Å². The molecule has 0 aromatic heterocycles. The van der Waals surface area contributed by atoms with Crippen molar-refractivity contribution in [3.05, 3.63) is 64.4 Å². The van der Waals surface area contributed by atoms with Crippen molar-refractivity contribution in [1.82, 2.24) is 5.06 Å². The van der Waals surface area contributed by atoms with Crippen molar-refractivity contribution in [1.29, 1.82) is 5.41 Å². The number of aliphatic imine (C=N–C) groups is 1. The van der Waals surface area contributed by atoms with Crippen LogP contribution in [0.4, 0.5) is 0 Å². The fraction of sp³-hybridized carbons (Fsp3) is 0.240. The van der Waals surface area contributed by atoms with Crippen molar-refractivity contribution in [2.24, 2.45) is 4.99 Å². The van der Waals surface area contributed by atoms with Crippen LogP contribution in [0.1, 0.15) is 19.4 Å². The molecule has 0 fully saturated rings. The first kappa shape index (κ1) is 24.2. The Morgan fingerprint density at radius 3 is 2.60 bits per heavy atom. The number of nitrogens with one attached hydrogen (secondary N) is 1. The minimum Gasteiger partial charge on any atom is -0.493 e. The van der Waals surface area contributed by atoms with Crippen LogP contribution in [-0.4, -0.2) is 49.6 Å². The highest BCUT2D eigenvalue weighted by atomic mass is 35.5. The number of hydroxylamine groups is 2. The van der Waals surface area contributed by atoms with Crippen LogP contribution in [0.5, 0.6) is 23.0 Å². The third-order valence-corrected chi connectivity index (χ3v) is 5.26. The number of para-hydroxylation sites is 2. The smallest absolute Gasteiger partial charge is 0.282 e. The Bertz CT molecular complexity index is 1250. The van der Waals surface area contributed by atoms with Crippen LogP contribution < -0.4 is 18.9 Å². The molecule has 0 radical (unpaired) electrons. The van der Waals surface area contributed by atoms with Gasteiger partial charge in [-0.15, -0.1) is 5.06 Å². The molecule has 0 aliphatic carbocycles. The number of allylic oxidation sites excluding steroid dienone is 1. The van der Waals surface area contributed by atoms with Crippen molar-refractivity contribution in [3.8, 4) is 23.0 Å². The minimum absolute atomic E-state index is 0.0641. The number of halogens is 1. The van der Waals surface area contributed by atoms with E-state index in [0.29, 0.717) is 40.9 Å². The summed E-state index contributed by atoms with van der Waals surface area (Å²) in [4.78, 5) is 22.0. The Morgan fingerprint density at radius 2 is 1.86 bits per heavy atom. The molecule has 182 valence electrons. The van der Waals surface area contributed by atoms with Crippen LogP contribution in [-0.2, 0) is 9.63 Å². The zero-order chi connectivity index (χ0) is 24.9. The fourth-order valence-corrected chi connectivity index (χ4v) is 3.75. The van der Waals surface area contributed by atoms with Gasteiger partial charge in [0.25, 0.3) is 5.91 Å². The van der Waals surface area contributed by atoms with Gasteiger partial charge < -0.3 is 23.8 Å². The highest BCUT2D eigenvalue weighted by Crippen LogP contribution is 2.38. The Labute approximate surface area is 207 Å². The van der Waals surface area contributed by atoms with Crippen molar-refractivity contribution >= 4 is 35.3 Å². The quantitative estimate of drug-likeness (QED) is 0.397. The van der Waals surface area contributed by atoms with Crippen molar-refractivity contribution < 1.29 is 28.6 Å². The number of rotatable bonds is 9. The number of fused-ring (bicyclic) bond motifs is 1. The maximum Gasteiger partial charge on any atom is 0.282 e. The third-order valence-electron chi connectivity index (χ3n) is 4.98. The topological polar surface area (TPSA) is 103 Å². The summed E-state index contributed by atoms with van der Waals surface area (Å²) in [7, 11) is 1.58. The molecular weight excluding hydrogens is 474 g/mol. The lowest BCUT2D eigenvalue weighted by Crippen LogP contribution is -2.38. The van der Waals surface area contributed by atoms with Crippen LogP contribution in [0.3, 0.4) is 0 Å². The van der Waals surface area contributed by atoms with E-state index < -0.39 is 5.91 Å². The van der Waals surface area contributed by atoms with E-state index in [1.165, 1.54) is 11.1 Å². The molecule has 0 saturated carbocycles. The van der Waals surface area contributed by atoms with Gasteiger partial charge in [0.05, 0.1) is 24.3 Å². The lowest BCUT2D eigenvalue weighted by Gasteiger charge is -2.23. The normalized spacial score (nSPS) is 15.9. The van der Waals surface area contributed by atoms with E-state index in [0.717, 1.165) is 0 Å². The second kappa shape index (κ2) is 10.5. The monoisotopic (exact) mass is 497 g/mol. The molecule has 0 bridgehead atoms. The predicted octanol–water partition coefficient (Wildman–Crippen LogP) is 4.66. The SMILES string of the molecule is CCOc1cc(/C=C2\C(=N)N3OC(C)=CC3=NC2=O)cc(Cl)c1OCCOc1ccccc1OC. The molecule has 4 rings (SSSR count). The predicted molar refractivity (Wildman–Crippen MR) is 131 cm³/mol. The van der Waals surface area contributed by atoms with E-state index >= 15 is 0 Å². The molecule has 0 unspecified atom stereocenters. The highest BCUT2D eigenvalue weighted by Gasteiger charge is 2.34. The molecule has 10 heteroatoms. The van der Waals surface area contributed by atoms with Crippen LogP contribution in [0.15, 0.2) is 58.8 Å². The van der Waals surface area contributed by atoms with Crippen LogP contribution in [0, 0.1) is 5.41 Å². The number of hydrogen-bond donors (Lipinski definition) is 1. The number of amides is 1. The average Bonchev–Trinajstić information content (AvgIpc) is 3.21. The van der Waals surface area contributed by atoms with Crippen LogP contribution >= 0.6 is 11.6 Å². The summed E-state index contributed by atoms with van der Waals surface area (Å²) < 4.78 is 22.6. The molecule has 35 heavy (non-hydrogen) atoms. The molecule has 2 aromatic rings. The molecule has 2 aliphatic heterocycles. The van der Waals surface area contributed by atoms with Crippen LogP contribution in [0.2, 0.25) is 5.02 Å². The number of methoxy groups -OCH3 is 1. The number of nitrogens with zero attached hydrogens (tertiary/aromatic N) is 2. The molecule has 0 spiro atoms. The van der Waals surface area contributed by atoms with Gasteiger partial charge >= 0.3 is 0 Å². The summed E-state index contributed by atoms with van der Waals surface area (Å²) in [6.07, 6.45) is 3.11. The van der Waals surface area contributed by atoms with Crippen molar-refractivity contribution in [2.75, 3.05) is 26.9 Å². The van der Waals surface area contributed by atoms with Gasteiger partial charge in [-0.05, 0) is 49.8 Å². The zero-order valence-electron chi connectivity index (χ0n) is 19.5. The maximum absolute atomic E-state index is 12.5. The third kappa shape index (κ3) is 5.25. The Morgan fingerprint density at radius 1 is 1.11 bits per heavy atom. The van der Waals surface area contributed by atoms with Gasteiger partial charge in [-0.1, -0.05) is 23.7 Å². The van der Waals surface area contributed by atoms with E-state index in [1.807, 2.05) is 25.1 Å². The molecule has 2 heterocycles. The highest BCUT2D eigenvalue weighted by molar-refractivity contribution is 6.33. The summed E-state index contributed by atoms with van der Waals surface area (Å²) >= 11 is 6.51. The zero-order valence-corrected chi connectivity index (χ0v) is 20.2. The van der Waals surface area contributed by atoms with Crippen LogP contribution in [0.25, 0.3) is 6.08 Å². The molecule has 1 N–H and O–H groups in total. The summed E-state index contributed by atoms with van der Waals surface area (Å²) in [6, 6.07) is 10.6. The molecule has 9 nitrogen and oxygen atoms in total. The summed E-state index contributed by atoms with van der Waals surface area (Å²) in [6.45, 7) is 4.39. The Hall–Kier alpha value is -3.98. The van der Waals surface area contributed by atoms with Gasteiger partial charge in [0.15, 0.2) is 34.7 Å².